The third kappa shape index (κ3) is 7.37. The van der Waals surface area contributed by atoms with Gasteiger partial charge in [0.2, 0.25) is 0 Å². The van der Waals surface area contributed by atoms with Crippen molar-refractivity contribution >= 4 is 5.91 Å². The number of rotatable bonds is 13. The number of nitrogens with zero attached hydrogens (tertiary/aromatic N) is 1. The van der Waals surface area contributed by atoms with Gasteiger partial charge in [-0.05, 0) is 49.8 Å². The summed E-state index contributed by atoms with van der Waals surface area (Å²) in [6, 6.07) is 10.2. The second-order valence-electron chi connectivity index (χ2n) is 8.13. The number of nitrogens with one attached hydrogen (secondary N) is 1. The van der Waals surface area contributed by atoms with Crippen LogP contribution in [0.2, 0.25) is 0 Å². The van der Waals surface area contributed by atoms with Gasteiger partial charge < -0.3 is 5.32 Å². The van der Waals surface area contributed by atoms with Gasteiger partial charge in [0.1, 0.15) is 5.54 Å². The molecule has 3 heteroatoms. The van der Waals surface area contributed by atoms with Crippen LogP contribution in [0.4, 0.5) is 0 Å². The Bertz CT molecular complexity index is 596. The van der Waals surface area contributed by atoms with E-state index in [-0.39, 0.29) is 5.91 Å². The number of hydrogen-bond donors (Lipinski definition) is 1. The maximum atomic E-state index is 12.3. The summed E-state index contributed by atoms with van der Waals surface area (Å²) in [6.45, 7) is 2.27. The van der Waals surface area contributed by atoms with Gasteiger partial charge in [0.25, 0.3) is 5.91 Å². The molecule has 1 aromatic rings. The van der Waals surface area contributed by atoms with Crippen LogP contribution in [0.3, 0.4) is 0 Å². The number of amides is 1. The predicted octanol–water partition coefficient (Wildman–Crippen LogP) is 6.33. The molecule has 1 aliphatic carbocycles. The monoisotopic (exact) mass is 368 g/mol. The Labute approximate surface area is 165 Å². The highest BCUT2D eigenvalue weighted by atomic mass is 16.1. The van der Waals surface area contributed by atoms with Crippen molar-refractivity contribution in [3.05, 3.63) is 35.4 Å². The smallest absolute Gasteiger partial charge is 0.252 e. The van der Waals surface area contributed by atoms with Gasteiger partial charge in [0.05, 0.1) is 6.07 Å². The lowest BCUT2D eigenvalue weighted by atomic mass is 9.78. The molecule has 1 aromatic carbocycles. The summed E-state index contributed by atoms with van der Waals surface area (Å²) < 4.78 is 0. The first-order valence-electron chi connectivity index (χ1n) is 11.0. The van der Waals surface area contributed by atoms with Crippen LogP contribution in [0.5, 0.6) is 0 Å². The highest BCUT2D eigenvalue weighted by molar-refractivity contribution is 5.95. The minimum Gasteiger partial charge on any atom is -0.334 e. The molecule has 1 N–H and O–H groups in total. The number of hydrogen-bond acceptors (Lipinski definition) is 2. The summed E-state index contributed by atoms with van der Waals surface area (Å²) in [6.07, 6.45) is 17.2. The summed E-state index contributed by atoms with van der Waals surface area (Å²) >= 11 is 0. The molecule has 0 aromatic heterocycles. The average Bonchev–Trinajstić information content (AvgIpc) is 2.66. The van der Waals surface area contributed by atoms with E-state index in [0.717, 1.165) is 25.7 Å². The minimum absolute atomic E-state index is 0.123. The zero-order chi connectivity index (χ0) is 19.4. The van der Waals surface area contributed by atoms with E-state index >= 15 is 0 Å². The molecule has 27 heavy (non-hydrogen) atoms. The molecular formula is C24H36N2O. The van der Waals surface area contributed by atoms with Gasteiger partial charge in [0, 0.05) is 5.56 Å². The number of unbranched alkanes of at least 4 members (excludes halogenated alkanes) is 9. The van der Waals surface area contributed by atoms with Gasteiger partial charge in [-0.1, -0.05) is 76.8 Å². The quantitative estimate of drug-likeness (QED) is 0.414. The molecule has 1 amide bonds. The van der Waals surface area contributed by atoms with Gasteiger partial charge in [0.15, 0.2) is 0 Å². The molecule has 0 saturated heterocycles. The molecule has 0 bridgehead atoms. The summed E-state index contributed by atoms with van der Waals surface area (Å²) in [5, 5.41) is 12.1. The number of carbonyl (C=O) groups excluding carboxylic acids is 1. The highest BCUT2D eigenvalue weighted by Gasteiger charge is 2.38. The van der Waals surface area contributed by atoms with Gasteiger partial charge in [-0.3, -0.25) is 4.79 Å². The van der Waals surface area contributed by atoms with Crippen molar-refractivity contribution in [2.24, 2.45) is 0 Å². The summed E-state index contributed by atoms with van der Waals surface area (Å²) in [7, 11) is 0. The van der Waals surface area contributed by atoms with Gasteiger partial charge in [-0.15, -0.1) is 0 Å². The molecule has 3 nitrogen and oxygen atoms in total. The number of aryl methyl sites for hydroxylation is 1. The lowest BCUT2D eigenvalue weighted by Crippen LogP contribution is -2.52. The standard InChI is InChI=1S/C24H36N2O/c1-2-3-4-5-6-7-8-9-10-11-13-21-14-16-22(17-15-21)23(27)26-24(20-25)18-12-19-24/h14-17H,2-13,18-19H2,1H3,(H,26,27). The Morgan fingerprint density at radius 2 is 1.52 bits per heavy atom. The number of carbonyl (C=O) groups is 1. The first-order valence-corrected chi connectivity index (χ1v) is 11.0. The molecule has 2 rings (SSSR count). The molecule has 1 saturated carbocycles. The fourth-order valence-electron chi connectivity index (χ4n) is 3.72. The van der Waals surface area contributed by atoms with Crippen LogP contribution in [0.25, 0.3) is 0 Å². The normalized spacial score (nSPS) is 15.0. The van der Waals surface area contributed by atoms with Crippen molar-refractivity contribution in [2.75, 3.05) is 0 Å². The Morgan fingerprint density at radius 3 is 2.00 bits per heavy atom. The van der Waals surface area contributed by atoms with Crippen LogP contribution in [-0.2, 0) is 6.42 Å². The molecule has 1 aliphatic rings. The van der Waals surface area contributed by atoms with E-state index in [0.29, 0.717) is 5.56 Å². The highest BCUT2D eigenvalue weighted by Crippen LogP contribution is 2.31. The Hall–Kier alpha value is -1.82. The molecule has 0 atom stereocenters. The SMILES string of the molecule is CCCCCCCCCCCCc1ccc(C(=O)NC2(C#N)CCC2)cc1. The molecular weight excluding hydrogens is 332 g/mol. The Kier molecular flexibility index (Phi) is 9.39. The van der Waals surface area contributed by atoms with Crippen molar-refractivity contribution < 1.29 is 4.79 Å². The van der Waals surface area contributed by atoms with Crippen molar-refractivity contribution in [3.63, 3.8) is 0 Å². The van der Waals surface area contributed by atoms with Crippen molar-refractivity contribution in [3.8, 4) is 6.07 Å². The average molecular weight is 369 g/mol. The van der Waals surface area contributed by atoms with Gasteiger partial charge in [-0.2, -0.15) is 5.26 Å². The third-order valence-electron chi connectivity index (χ3n) is 5.81. The van der Waals surface area contributed by atoms with Crippen molar-refractivity contribution in [2.45, 2.75) is 102 Å². The van der Waals surface area contributed by atoms with Gasteiger partial charge in [-0.25, -0.2) is 0 Å². The fraction of sp³-hybridized carbons (Fsp3) is 0.667. The topological polar surface area (TPSA) is 52.9 Å². The Morgan fingerprint density at radius 1 is 0.963 bits per heavy atom. The zero-order valence-electron chi connectivity index (χ0n) is 17.1. The third-order valence-corrected chi connectivity index (χ3v) is 5.81. The number of nitriles is 1. The van der Waals surface area contributed by atoms with Crippen molar-refractivity contribution in [1.29, 1.82) is 5.26 Å². The summed E-state index contributed by atoms with van der Waals surface area (Å²) in [4.78, 5) is 12.3. The molecule has 1 fully saturated rings. The largest absolute Gasteiger partial charge is 0.334 e. The van der Waals surface area contributed by atoms with E-state index in [4.69, 9.17) is 0 Å². The predicted molar refractivity (Wildman–Crippen MR) is 112 cm³/mol. The van der Waals surface area contributed by atoms with Crippen molar-refractivity contribution in [1.82, 2.24) is 5.32 Å². The lowest BCUT2D eigenvalue weighted by molar-refractivity contribution is 0.0881. The molecule has 0 heterocycles. The molecule has 0 radical (unpaired) electrons. The van der Waals surface area contributed by atoms with Crippen LogP contribution in [0.1, 0.15) is 106 Å². The van der Waals surface area contributed by atoms with Crippen LogP contribution in [0.15, 0.2) is 24.3 Å². The fourth-order valence-corrected chi connectivity index (χ4v) is 3.72. The maximum Gasteiger partial charge on any atom is 0.252 e. The van der Waals surface area contributed by atoms with E-state index in [1.807, 2.05) is 12.1 Å². The van der Waals surface area contributed by atoms with Crippen LogP contribution in [0, 0.1) is 11.3 Å². The van der Waals surface area contributed by atoms with E-state index < -0.39 is 5.54 Å². The van der Waals surface area contributed by atoms with E-state index in [1.54, 1.807) is 0 Å². The Balaban J connectivity index is 1.58. The van der Waals surface area contributed by atoms with Gasteiger partial charge >= 0.3 is 0 Å². The molecule has 0 spiro atoms. The summed E-state index contributed by atoms with van der Waals surface area (Å²) in [5.74, 6) is -0.123. The van der Waals surface area contributed by atoms with E-state index in [1.165, 1.54) is 69.8 Å². The second kappa shape index (κ2) is 11.8. The van der Waals surface area contributed by atoms with Crippen LogP contribution >= 0.6 is 0 Å². The van der Waals surface area contributed by atoms with Crippen LogP contribution < -0.4 is 5.32 Å². The molecule has 148 valence electrons. The second-order valence-corrected chi connectivity index (χ2v) is 8.13. The maximum absolute atomic E-state index is 12.3. The van der Waals surface area contributed by atoms with E-state index in [9.17, 15) is 10.1 Å². The summed E-state index contributed by atoms with van der Waals surface area (Å²) in [5.41, 5.74) is 1.33. The molecule has 0 aliphatic heterocycles. The molecule has 0 unspecified atom stereocenters. The zero-order valence-corrected chi connectivity index (χ0v) is 17.1. The number of benzene rings is 1. The van der Waals surface area contributed by atoms with E-state index in [2.05, 4.69) is 30.4 Å². The lowest BCUT2D eigenvalue weighted by Gasteiger charge is -2.35. The van der Waals surface area contributed by atoms with Crippen LogP contribution in [-0.4, -0.2) is 11.4 Å². The first kappa shape index (κ1) is 21.5. The minimum atomic E-state index is -0.619. The first-order chi connectivity index (χ1) is 13.2.